The van der Waals surface area contributed by atoms with Crippen molar-refractivity contribution in [1.29, 1.82) is 0 Å². The highest BCUT2D eigenvalue weighted by molar-refractivity contribution is 5.76. The lowest BCUT2D eigenvalue weighted by molar-refractivity contribution is -0.122. The molecule has 1 rings (SSSR count). The summed E-state index contributed by atoms with van der Waals surface area (Å²) in [6, 6.07) is 8.20. The van der Waals surface area contributed by atoms with Crippen molar-refractivity contribution in [3.8, 4) is 0 Å². The van der Waals surface area contributed by atoms with Gasteiger partial charge in [-0.3, -0.25) is 9.59 Å². The Labute approximate surface area is 273 Å². The maximum Gasteiger partial charge on any atom is 0.220 e. The van der Waals surface area contributed by atoms with Crippen molar-refractivity contribution in [2.24, 2.45) is 0 Å². The maximum atomic E-state index is 12.3. The van der Waals surface area contributed by atoms with Gasteiger partial charge in [-0.15, -0.1) is 0 Å². The molecular formula is C40H72N2O2. The summed E-state index contributed by atoms with van der Waals surface area (Å²) >= 11 is 0. The SMILES string of the molecule is CCCCCCCCCCCCCCCC(=O)NCc1cccc(CNC(=O)CCCCCCCCCCCCCCC)c1. The average Bonchev–Trinajstić information content (AvgIpc) is 3.03. The van der Waals surface area contributed by atoms with Crippen LogP contribution < -0.4 is 10.6 Å². The fraction of sp³-hybridized carbons (Fsp3) is 0.800. The molecule has 0 spiro atoms. The van der Waals surface area contributed by atoms with Gasteiger partial charge in [0.05, 0.1) is 0 Å². The molecule has 2 amide bonds. The van der Waals surface area contributed by atoms with Gasteiger partial charge in [0.25, 0.3) is 0 Å². The number of unbranched alkanes of at least 4 members (excludes halogenated alkanes) is 24. The normalized spacial score (nSPS) is 11.1. The second-order valence-corrected chi connectivity index (χ2v) is 13.4. The summed E-state index contributed by atoms with van der Waals surface area (Å²) < 4.78 is 0. The lowest BCUT2D eigenvalue weighted by Gasteiger charge is -2.09. The first-order valence-corrected chi connectivity index (χ1v) is 19.3. The third-order valence-corrected chi connectivity index (χ3v) is 8.99. The van der Waals surface area contributed by atoms with Crippen molar-refractivity contribution in [2.75, 3.05) is 0 Å². The van der Waals surface area contributed by atoms with E-state index < -0.39 is 0 Å². The third kappa shape index (κ3) is 26.6. The molecule has 0 unspecified atom stereocenters. The summed E-state index contributed by atoms with van der Waals surface area (Å²) in [5.41, 5.74) is 2.18. The summed E-state index contributed by atoms with van der Waals surface area (Å²) in [6.45, 7) is 5.66. The minimum atomic E-state index is 0.143. The highest BCUT2D eigenvalue weighted by Crippen LogP contribution is 2.14. The van der Waals surface area contributed by atoms with E-state index in [0.29, 0.717) is 25.9 Å². The lowest BCUT2D eigenvalue weighted by atomic mass is 10.0. The van der Waals surface area contributed by atoms with Gasteiger partial charge in [0.2, 0.25) is 11.8 Å². The second kappa shape index (κ2) is 31.2. The van der Waals surface area contributed by atoms with Gasteiger partial charge in [-0.1, -0.05) is 192 Å². The van der Waals surface area contributed by atoms with E-state index in [-0.39, 0.29) is 11.8 Å². The van der Waals surface area contributed by atoms with Crippen LogP contribution in [0.15, 0.2) is 24.3 Å². The predicted molar refractivity (Wildman–Crippen MR) is 191 cm³/mol. The first-order valence-electron chi connectivity index (χ1n) is 19.3. The van der Waals surface area contributed by atoms with Gasteiger partial charge in [0, 0.05) is 25.9 Å². The zero-order valence-electron chi connectivity index (χ0n) is 29.3. The van der Waals surface area contributed by atoms with Crippen molar-refractivity contribution in [3.05, 3.63) is 35.4 Å². The van der Waals surface area contributed by atoms with Crippen LogP contribution in [0.25, 0.3) is 0 Å². The number of hydrogen-bond acceptors (Lipinski definition) is 2. The molecule has 0 atom stereocenters. The zero-order chi connectivity index (χ0) is 31.8. The molecule has 0 saturated heterocycles. The summed E-state index contributed by atoms with van der Waals surface area (Å²) in [6.07, 6.45) is 35.6. The van der Waals surface area contributed by atoms with E-state index in [1.165, 1.54) is 141 Å². The monoisotopic (exact) mass is 613 g/mol. The molecule has 1 aromatic rings. The van der Waals surface area contributed by atoms with Gasteiger partial charge < -0.3 is 10.6 Å². The number of amides is 2. The van der Waals surface area contributed by atoms with Crippen LogP contribution >= 0.6 is 0 Å². The molecule has 0 aliphatic carbocycles. The zero-order valence-corrected chi connectivity index (χ0v) is 29.3. The number of carbonyl (C=O) groups excluding carboxylic acids is 2. The minimum Gasteiger partial charge on any atom is -0.352 e. The minimum absolute atomic E-state index is 0.143. The number of carbonyl (C=O) groups is 2. The third-order valence-electron chi connectivity index (χ3n) is 8.99. The van der Waals surface area contributed by atoms with Crippen LogP contribution in [-0.4, -0.2) is 11.8 Å². The first kappa shape index (κ1) is 40.2. The Balaban J connectivity index is 1.98. The topological polar surface area (TPSA) is 58.2 Å². The number of rotatable bonds is 32. The highest BCUT2D eigenvalue weighted by atomic mass is 16.2. The highest BCUT2D eigenvalue weighted by Gasteiger charge is 2.05. The Morgan fingerprint density at radius 2 is 0.705 bits per heavy atom. The number of benzene rings is 1. The molecule has 0 aliphatic rings. The average molecular weight is 613 g/mol. The van der Waals surface area contributed by atoms with Gasteiger partial charge in [0.1, 0.15) is 0 Å². The van der Waals surface area contributed by atoms with E-state index >= 15 is 0 Å². The fourth-order valence-electron chi connectivity index (χ4n) is 6.03. The van der Waals surface area contributed by atoms with Gasteiger partial charge in [0.15, 0.2) is 0 Å². The van der Waals surface area contributed by atoms with Crippen molar-refractivity contribution in [3.63, 3.8) is 0 Å². The quantitative estimate of drug-likeness (QED) is 0.0795. The van der Waals surface area contributed by atoms with Crippen LogP contribution in [0.2, 0.25) is 0 Å². The summed E-state index contributed by atoms with van der Waals surface area (Å²) in [5, 5.41) is 6.15. The van der Waals surface area contributed by atoms with Gasteiger partial charge in [-0.25, -0.2) is 0 Å². The molecule has 0 fully saturated rings. The maximum absolute atomic E-state index is 12.3. The van der Waals surface area contributed by atoms with Crippen molar-refractivity contribution in [2.45, 2.75) is 207 Å². The van der Waals surface area contributed by atoms with E-state index in [9.17, 15) is 9.59 Å². The van der Waals surface area contributed by atoms with E-state index in [2.05, 4.69) is 30.5 Å². The summed E-state index contributed by atoms with van der Waals surface area (Å²) in [7, 11) is 0. The molecule has 0 saturated carbocycles. The van der Waals surface area contributed by atoms with Crippen molar-refractivity contribution in [1.82, 2.24) is 10.6 Å². The molecule has 4 heteroatoms. The lowest BCUT2D eigenvalue weighted by Crippen LogP contribution is -2.23. The number of hydrogen-bond donors (Lipinski definition) is 2. The summed E-state index contributed by atoms with van der Waals surface area (Å²) in [4.78, 5) is 24.6. The molecule has 0 bridgehead atoms. The molecule has 1 aromatic carbocycles. The second-order valence-electron chi connectivity index (χ2n) is 13.4. The predicted octanol–water partition coefficient (Wildman–Crippen LogP) is 11.9. The van der Waals surface area contributed by atoms with Crippen molar-refractivity contribution < 1.29 is 9.59 Å². The van der Waals surface area contributed by atoms with Crippen molar-refractivity contribution >= 4 is 11.8 Å². The van der Waals surface area contributed by atoms with Crippen LogP contribution in [0.1, 0.15) is 205 Å². The Kier molecular flexibility index (Phi) is 28.5. The van der Waals surface area contributed by atoms with E-state index in [0.717, 1.165) is 36.8 Å². The smallest absolute Gasteiger partial charge is 0.220 e. The number of nitrogens with one attached hydrogen (secondary N) is 2. The Hall–Kier alpha value is -1.84. The van der Waals surface area contributed by atoms with Gasteiger partial charge in [-0.05, 0) is 24.0 Å². The van der Waals surface area contributed by atoms with E-state index in [1.807, 2.05) is 18.2 Å². The summed E-state index contributed by atoms with van der Waals surface area (Å²) in [5.74, 6) is 0.286. The standard InChI is InChI=1S/C40H72N2O2/c1-3-5-7-9-11-13-15-17-19-21-23-25-27-32-39(43)41-35-37-30-29-31-38(34-37)36-42-40(44)33-28-26-24-22-20-18-16-14-12-10-8-6-4-2/h29-31,34H,3-28,32-33,35-36H2,1-2H3,(H,41,43)(H,42,44). The van der Waals surface area contributed by atoms with Crippen LogP contribution in [0.4, 0.5) is 0 Å². The van der Waals surface area contributed by atoms with Gasteiger partial charge in [-0.2, -0.15) is 0 Å². The molecule has 44 heavy (non-hydrogen) atoms. The molecule has 0 radical (unpaired) electrons. The van der Waals surface area contributed by atoms with E-state index in [1.54, 1.807) is 0 Å². The van der Waals surface area contributed by atoms with Crippen LogP contribution in [0.5, 0.6) is 0 Å². The van der Waals surface area contributed by atoms with E-state index in [4.69, 9.17) is 0 Å². The molecular weight excluding hydrogens is 540 g/mol. The largest absolute Gasteiger partial charge is 0.352 e. The molecule has 0 heterocycles. The Morgan fingerprint density at radius 1 is 0.432 bits per heavy atom. The van der Waals surface area contributed by atoms with Gasteiger partial charge >= 0.3 is 0 Å². The van der Waals surface area contributed by atoms with Crippen LogP contribution in [-0.2, 0) is 22.7 Å². The molecule has 0 aliphatic heterocycles. The van der Waals surface area contributed by atoms with Crippen LogP contribution in [0, 0.1) is 0 Å². The Bertz CT molecular complexity index is 732. The first-order chi connectivity index (χ1) is 21.7. The molecule has 4 nitrogen and oxygen atoms in total. The molecule has 254 valence electrons. The fourth-order valence-corrected chi connectivity index (χ4v) is 6.03. The van der Waals surface area contributed by atoms with Crippen LogP contribution in [0.3, 0.4) is 0 Å². The Morgan fingerprint density at radius 3 is 1.00 bits per heavy atom. The molecule has 2 N–H and O–H groups in total. The molecule has 0 aromatic heterocycles.